The van der Waals surface area contributed by atoms with Gasteiger partial charge < -0.3 is 9.67 Å². The average Bonchev–Trinajstić information content (AvgIpc) is 2.63. The van der Waals surface area contributed by atoms with Crippen LogP contribution in [-0.4, -0.2) is 23.1 Å². The molecule has 0 atom stereocenters. The lowest BCUT2D eigenvalue weighted by molar-refractivity contribution is 0.477. The van der Waals surface area contributed by atoms with E-state index in [-0.39, 0.29) is 21.6 Å². The summed E-state index contributed by atoms with van der Waals surface area (Å²) in [5.41, 5.74) is 0.0687. The molecule has 0 aliphatic rings. The van der Waals surface area contributed by atoms with Crippen LogP contribution in [0.2, 0.25) is 5.15 Å². The number of aromatic hydroxyl groups is 1. The van der Waals surface area contributed by atoms with Crippen molar-refractivity contribution in [3.63, 3.8) is 0 Å². The summed E-state index contributed by atoms with van der Waals surface area (Å²) in [6, 6.07) is 5.99. The van der Waals surface area contributed by atoms with Crippen LogP contribution in [0.3, 0.4) is 0 Å². The van der Waals surface area contributed by atoms with Crippen molar-refractivity contribution in [3.8, 4) is 5.75 Å². The third kappa shape index (κ3) is 2.27. The van der Waals surface area contributed by atoms with Gasteiger partial charge in [-0.1, -0.05) is 23.7 Å². The van der Waals surface area contributed by atoms with Crippen molar-refractivity contribution in [2.45, 2.75) is 5.03 Å². The minimum absolute atomic E-state index is 0.00193. The summed E-state index contributed by atoms with van der Waals surface area (Å²) in [7, 11) is -2.34. The van der Waals surface area contributed by atoms with Crippen LogP contribution >= 0.6 is 11.6 Å². The highest BCUT2D eigenvalue weighted by atomic mass is 35.5. The molecule has 96 valence electrons. The van der Waals surface area contributed by atoms with Crippen LogP contribution < -0.4 is 4.72 Å². The second kappa shape index (κ2) is 4.51. The molecule has 0 aliphatic heterocycles. The van der Waals surface area contributed by atoms with Gasteiger partial charge in [-0.15, -0.1) is 0 Å². The van der Waals surface area contributed by atoms with E-state index in [2.05, 4.69) is 9.71 Å². The van der Waals surface area contributed by atoms with Crippen LogP contribution in [0.1, 0.15) is 0 Å². The highest BCUT2D eigenvalue weighted by Gasteiger charge is 2.23. The van der Waals surface area contributed by atoms with Gasteiger partial charge in [0, 0.05) is 7.05 Å². The number of aryl methyl sites for hydroxylation is 1. The molecule has 0 spiro atoms. The molecule has 0 unspecified atom stereocenters. The Hall–Kier alpha value is -1.73. The number of rotatable bonds is 3. The van der Waals surface area contributed by atoms with E-state index in [0.717, 1.165) is 0 Å². The van der Waals surface area contributed by atoms with E-state index in [4.69, 9.17) is 11.6 Å². The van der Waals surface area contributed by atoms with Crippen LogP contribution in [0.15, 0.2) is 35.6 Å². The number of aromatic nitrogens is 2. The van der Waals surface area contributed by atoms with Crippen molar-refractivity contribution < 1.29 is 13.5 Å². The Bertz CT molecular complexity index is 681. The molecule has 8 heteroatoms. The zero-order chi connectivity index (χ0) is 13.3. The molecule has 0 bridgehead atoms. The minimum atomic E-state index is -3.92. The molecule has 0 saturated carbocycles. The number of hydrogen-bond acceptors (Lipinski definition) is 4. The van der Waals surface area contributed by atoms with E-state index in [9.17, 15) is 13.5 Å². The molecule has 6 nitrogen and oxygen atoms in total. The summed E-state index contributed by atoms with van der Waals surface area (Å²) in [4.78, 5) is 3.71. The fourth-order valence-electron chi connectivity index (χ4n) is 1.33. The lowest BCUT2D eigenvalue weighted by Crippen LogP contribution is -2.14. The number of hydrogen-bond donors (Lipinski definition) is 2. The average molecular weight is 288 g/mol. The Labute approximate surface area is 109 Å². The molecule has 0 aliphatic carbocycles. The van der Waals surface area contributed by atoms with Crippen molar-refractivity contribution in [2.24, 2.45) is 7.05 Å². The Kier molecular flexibility index (Phi) is 3.18. The van der Waals surface area contributed by atoms with Crippen LogP contribution in [0.25, 0.3) is 0 Å². The molecule has 2 N–H and O–H groups in total. The van der Waals surface area contributed by atoms with E-state index in [1.54, 1.807) is 19.2 Å². The molecule has 2 rings (SSSR count). The maximum Gasteiger partial charge on any atom is 0.282 e. The number of phenolic OH excluding ortho intramolecular Hbond substituents is 1. The number of benzene rings is 1. The minimum Gasteiger partial charge on any atom is -0.506 e. The van der Waals surface area contributed by atoms with Crippen LogP contribution in [-0.2, 0) is 17.1 Å². The molecule has 0 radical (unpaired) electrons. The summed E-state index contributed by atoms with van der Waals surface area (Å²) >= 11 is 5.82. The van der Waals surface area contributed by atoms with Crippen LogP contribution in [0, 0.1) is 0 Å². The lowest BCUT2D eigenvalue weighted by atomic mass is 10.3. The first-order valence-corrected chi connectivity index (χ1v) is 6.75. The number of sulfonamides is 1. The first-order chi connectivity index (χ1) is 8.42. The fourth-order valence-corrected chi connectivity index (χ4v) is 2.83. The highest BCUT2D eigenvalue weighted by molar-refractivity contribution is 7.92. The number of imidazole rings is 1. The maximum atomic E-state index is 12.0. The van der Waals surface area contributed by atoms with Gasteiger partial charge in [0.25, 0.3) is 10.0 Å². The summed E-state index contributed by atoms with van der Waals surface area (Å²) in [5.74, 6) is -0.173. The zero-order valence-corrected chi connectivity index (χ0v) is 10.9. The third-order valence-corrected chi connectivity index (χ3v) is 4.09. The van der Waals surface area contributed by atoms with Crippen molar-refractivity contribution in [1.29, 1.82) is 0 Å². The zero-order valence-electron chi connectivity index (χ0n) is 9.33. The number of nitrogens with one attached hydrogen (secondary N) is 1. The molecular weight excluding hydrogens is 278 g/mol. The Balaban J connectivity index is 2.40. The van der Waals surface area contributed by atoms with E-state index >= 15 is 0 Å². The summed E-state index contributed by atoms with van der Waals surface area (Å²) < 4.78 is 27.6. The third-order valence-electron chi connectivity index (χ3n) is 2.24. The quantitative estimate of drug-likeness (QED) is 0.840. The number of nitrogens with zero attached hydrogens (tertiary/aromatic N) is 2. The highest BCUT2D eigenvalue weighted by Crippen LogP contribution is 2.26. The molecule has 0 saturated heterocycles. The number of para-hydroxylation sites is 2. The Morgan fingerprint density at radius 3 is 2.61 bits per heavy atom. The second-order valence-corrected chi connectivity index (χ2v) is 5.53. The van der Waals surface area contributed by atoms with Crippen molar-refractivity contribution in [3.05, 3.63) is 35.7 Å². The van der Waals surface area contributed by atoms with E-state index < -0.39 is 10.0 Å². The summed E-state index contributed by atoms with van der Waals surface area (Å²) in [6.45, 7) is 0. The normalized spacial score (nSPS) is 11.4. The van der Waals surface area contributed by atoms with Gasteiger partial charge in [0.2, 0.25) is 5.03 Å². The molecule has 1 heterocycles. The largest absolute Gasteiger partial charge is 0.506 e. The van der Waals surface area contributed by atoms with Gasteiger partial charge in [0.1, 0.15) is 10.9 Å². The number of halogens is 1. The standard InChI is InChI=1S/C10H10ClN3O3S/c1-14-6-12-10(9(14)11)18(16,17)13-7-4-2-3-5-8(7)15/h2-6,13,15H,1H3. The maximum absolute atomic E-state index is 12.0. The van der Waals surface area contributed by atoms with Crippen molar-refractivity contribution >= 4 is 27.3 Å². The summed E-state index contributed by atoms with van der Waals surface area (Å²) in [5, 5.41) is 9.23. The Morgan fingerprint density at radius 2 is 2.06 bits per heavy atom. The predicted octanol–water partition coefficient (Wildman–Crippen LogP) is 1.58. The molecule has 0 fully saturated rings. The SMILES string of the molecule is Cn1cnc(S(=O)(=O)Nc2ccccc2O)c1Cl. The summed E-state index contributed by atoms with van der Waals surface area (Å²) in [6.07, 6.45) is 1.29. The van der Waals surface area contributed by atoms with Crippen molar-refractivity contribution in [2.75, 3.05) is 4.72 Å². The first kappa shape index (κ1) is 12.7. The monoisotopic (exact) mass is 287 g/mol. The van der Waals surface area contributed by atoms with E-state index in [1.165, 1.54) is 23.0 Å². The van der Waals surface area contributed by atoms with Gasteiger partial charge in [-0.3, -0.25) is 4.72 Å². The molecule has 1 aromatic heterocycles. The topological polar surface area (TPSA) is 84.2 Å². The van der Waals surface area contributed by atoms with Crippen molar-refractivity contribution in [1.82, 2.24) is 9.55 Å². The van der Waals surface area contributed by atoms with Gasteiger partial charge in [0.15, 0.2) is 0 Å². The van der Waals surface area contributed by atoms with Gasteiger partial charge in [0.05, 0.1) is 12.0 Å². The smallest absolute Gasteiger partial charge is 0.282 e. The van der Waals surface area contributed by atoms with Gasteiger partial charge in [-0.2, -0.15) is 8.42 Å². The Morgan fingerprint density at radius 1 is 1.39 bits per heavy atom. The van der Waals surface area contributed by atoms with Gasteiger partial charge in [-0.05, 0) is 12.1 Å². The molecule has 18 heavy (non-hydrogen) atoms. The van der Waals surface area contributed by atoms with E-state index in [1.807, 2.05) is 0 Å². The van der Waals surface area contributed by atoms with Gasteiger partial charge >= 0.3 is 0 Å². The lowest BCUT2D eigenvalue weighted by Gasteiger charge is -2.07. The number of phenols is 1. The predicted molar refractivity (Wildman–Crippen MR) is 67.1 cm³/mol. The van der Waals surface area contributed by atoms with Gasteiger partial charge in [-0.25, -0.2) is 4.98 Å². The molecule has 1 aromatic carbocycles. The first-order valence-electron chi connectivity index (χ1n) is 4.89. The molecule has 0 amide bonds. The molecular formula is C10H10ClN3O3S. The fraction of sp³-hybridized carbons (Fsp3) is 0.100. The van der Waals surface area contributed by atoms with Crippen LogP contribution in [0.5, 0.6) is 5.75 Å². The van der Waals surface area contributed by atoms with E-state index in [0.29, 0.717) is 0 Å². The van der Waals surface area contributed by atoms with Crippen LogP contribution in [0.4, 0.5) is 5.69 Å². The molecule has 2 aromatic rings. The second-order valence-electron chi connectivity index (χ2n) is 3.57. The number of anilines is 1.